The summed E-state index contributed by atoms with van der Waals surface area (Å²) in [5, 5.41) is 3.60. The molecule has 0 saturated carbocycles. The van der Waals surface area contributed by atoms with E-state index >= 15 is 0 Å². The fourth-order valence-corrected chi connectivity index (χ4v) is 3.63. The topological polar surface area (TPSA) is 26.0 Å². The van der Waals surface area contributed by atoms with Gasteiger partial charge in [-0.25, -0.2) is 4.39 Å². The van der Waals surface area contributed by atoms with Crippen LogP contribution < -0.4 is 5.73 Å². The van der Waals surface area contributed by atoms with Crippen molar-refractivity contribution in [2.75, 3.05) is 0 Å². The van der Waals surface area contributed by atoms with Crippen molar-refractivity contribution in [1.29, 1.82) is 0 Å². The summed E-state index contributed by atoms with van der Waals surface area (Å²) in [6, 6.07) is 12.7. The minimum absolute atomic E-state index is 0.196. The highest BCUT2D eigenvalue weighted by Gasteiger charge is 2.17. The molecular formula is C17H16FNS. The molecular weight excluding hydrogens is 269 g/mol. The van der Waals surface area contributed by atoms with Crippen LogP contribution in [-0.2, 0) is 6.42 Å². The Hall–Kier alpha value is -1.71. The largest absolute Gasteiger partial charge is 0.320 e. The van der Waals surface area contributed by atoms with Crippen LogP contribution >= 0.6 is 11.3 Å². The molecule has 1 heterocycles. The minimum Gasteiger partial charge on any atom is -0.320 e. The van der Waals surface area contributed by atoms with Crippen LogP contribution in [0.2, 0.25) is 0 Å². The van der Waals surface area contributed by atoms with Crippen LogP contribution in [0.25, 0.3) is 10.8 Å². The molecule has 1 atom stereocenters. The van der Waals surface area contributed by atoms with Gasteiger partial charge in [0, 0.05) is 10.3 Å². The molecule has 3 rings (SSSR count). The van der Waals surface area contributed by atoms with Gasteiger partial charge in [-0.15, -0.1) is 11.3 Å². The lowest BCUT2D eigenvalue weighted by Crippen LogP contribution is -2.12. The Labute approximate surface area is 121 Å². The van der Waals surface area contributed by atoms with E-state index in [4.69, 9.17) is 5.73 Å². The molecule has 3 aromatic rings. The average Bonchev–Trinajstić information content (AvgIpc) is 2.96. The summed E-state index contributed by atoms with van der Waals surface area (Å²) in [4.78, 5) is 1.17. The van der Waals surface area contributed by atoms with E-state index in [1.54, 1.807) is 17.4 Å². The first-order valence-corrected chi connectivity index (χ1v) is 7.59. The van der Waals surface area contributed by atoms with Crippen LogP contribution in [-0.4, -0.2) is 0 Å². The van der Waals surface area contributed by atoms with Gasteiger partial charge >= 0.3 is 0 Å². The molecule has 0 aliphatic heterocycles. The number of thiophene rings is 1. The van der Waals surface area contributed by atoms with E-state index in [9.17, 15) is 4.39 Å². The van der Waals surface area contributed by atoms with E-state index in [1.807, 2.05) is 24.3 Å². The Morgan fingerprint density at radius 1 is 1.10 bits per heavy atom. The molecule has 2 aromatic carbocycles. The number of rotatable bonds is 3. The van der Waals surface area contributed by atoms with Crippen molar-refractivity contribution in [3.05, 3.63) is 69.7 Å². The Balaban J connectivity index is 2.17. The monoisotopic (exact) mass is 285 g/mol. The second kappa shape index (κ2) is 5.35. The second-order valence-electron chi connectivity index (χ2n) is 4.82. The maximum Gasteiger partial charge on any atom is 0.131 e. The quantitative estimate of drug-likeness (QED) is 0.744. The summed E-state index contributed by atoms with van der Waals surface area (Å²) in [7, 11) is 0. The third kappa shape index (κ3) is 2.13. The molecule has 1 unspecified atom stereocenters. The summed E-state index contributed by atoms with van der Waals surface area (Å²) in [6.07, 6.45) is 0.964. The van der Waals surface area contributed by atoms with Crippen molar-refractivity contribution in [2.45, 2.75) is 19.4 Å². The lowest BCUT2D eigenvalue weighted by Gasteiger charge is -2.15. The summed E-state index contributed by atoms with van der Waals surface area (Å²) in [5.74, 6) is -0.196. The van der Waals surface area contributed by atoms with Crippen molar-refractivity contribution in [3.63, 3.8) is 0 Å². The van der Waals surface area contributed by atoms with E-state index in [2.05, 4.69) is 18.4 Å². The van der Waals surface area contributed by atoms with Gasteiger partial charge < -0.3 is 5.73 Å². The van der Waals surface area contributed by atoms with Crippen molar-refractivity contribution in [1.82, 2.24) is 0 Å². The number of hydrogen-bond acceptors (Lipinski definition) is 2. The van der Waals surface area contributed by atoms with E-state index in [-0.39, 0.29) is 11.9 Å². The minimum atomic E-state index is -0.199. The van der Waals surface area contributed by atoms with Gasteiger partial charge in [-0.05, 0) is 40.4 Å². The Kier molecular flexibility index (Phi) is 3.55. The zero-order valence-electron chi connectivity index (χ0n) is 11.3. The van der Waals surface area contributed by atoms with E-state index < -0.39 is 0 Å². The zero-order valence-corrected chi connectivity index (χ0v) is 12.1. The van der Waals surface area contributed by atoms with Gasteiger partial charge in [0.1, 0.15) is 5.82 Å². The first-order chi connectivity index (χ1) is 9.72. The fraction of sp³-hybridized carbons (Fsp3) is 0.176. The van der Waals surface area contributed by atoms with Crippen LogP contribution in [0, 0.1) is 5.82 Å². The van der Waals surface area contributed by atoms with E-state index in [0.717, 1.165) is 17.4 Å². The highest BCUT2D eigenvalue weighted by Crippen LogP contribution is 2.33. The number of fused-ring (bicyclic) bond motifs is 1. The van der Waals surface area contributed by atoms with E-state index in [1.165, 1.54) is 16.5 Å². The van der Waals surface area contributed by atoms with Gasteiger partial charge in [0.25, 0.3) is 0 Å². The first-order valence-electron chi connectivity index (χ1n) is 6.71. The highest BCUT2D eigenvalue weighted by atomic mass is 32.1. The first kappa shape index (κ1) is 13.3. The lowest BCUT2D eigenvalue weighted by molar-refractivity contribution is 0.639. The lowest BCUT2D eigenvalue weighted by atomic mass is 9.96. The van der Waals surface area contributed by atoms with Crippen LogP contribution in [0.4, 0.5) is 4.39 Å². The molecule has 0 aliphatic carbocycles. The van der Waals surface area contributed by atoms with Crippen molar-refractivity contribution in [3.8, 4) is 0 Å². The molecule has 102 valence electrons. The summed E-state index contributed by atoms with van der Waals surface area (Å²) in [6.45, 7) is 2.13. The summed E-state index contributed by atoms with van der Waals surface area (Å²) < 4.78 is 13.9. The smallest absolute Gasteiger partial charge is 0.131 e. The van der Waals surface area contributed by atoms with Gasteiger partial charge in [0.05, 0.1) is 6.04 Å². The van der Waals surface area contributed by atoms with Gasteiger partial charge in [-0.3, -0.25) is 0 Å². The average molecular weight is 285 g/mol. The molecule has 0 spiro atoms. The van der Waals surface area contributed by atoms with Gasteiger partial charge in [0.15, 0.2) is 0 Å². The molecule has 0 saturated heterocycles. The molecule has 0 radical (unpaired) electrons. The predicted molar refractivity (Wildman–Crippen MR) is 83.6 cm³/mol. The number of hydrogen-bond donors (Lipinski definition) is 1. The summed E-state index contributed by atoms with van der Waals surface area (Å²) >= 11 is 1.67. The molecule has 2 N–H and O–H groups in total. The van der Waals surface area contributed by atoms with Gasteiger partial charge in [0.2, 0.25) is 0 Å². The number of nitrogens with two attached hydrogens (primary N) is 1. The predicted octanol–water partition coefficient (Wildman–Crippen LogP) is 4.65. The number of aryl methyl sites for hydroxylation is 1. The highest BCUT2D eigenvalue weighted by molar-refractivity contribution is 7.10. The van der Waals surface area contributed by atoms with Gasteiger partial charge in [-0.2, -0.15) is 0 Å². The molecule has 0 bridgehead atoms. The molecule has 0 amide bonds. The Morgan fingerprint density at radius 3 is 2.60 bits per heavy atom. The number of halogens is 1. The van der Waals surface area contributed by atoms with Crippen molar-refractivity contribution >= 4 is 22.1 Å². The standard InChI is InChI=1S/C17H16FNS/c1-2-11-9-10-20-17(11)16(19)14-7-8-15(18)13-6-4-3-5-12(13)14/h3-10,16H,2,19H2,1H3. The molecule has 1 aromatic heterocycles. The third-order valence-electron chi connectivity index (χ3n) is 3.68. The van der Waals surface area contributed by atoms with Crippen LogP contribution in [0.15, 0.2) is 47.8 Å². The maximum absolute atomic E-state index is 13.9. The molecule has 0 fully saturated rings. The Bertz CT molecular complexity index is 748. The number of benzene rings is 2. The van der Waals surface area contributed by atoms with Crippen LogP contribution in [0.1, 0.15) is 29.0 Å². The molecule has 3 heteroatoms. The van der Waals surface area contributed by atoms with E-state index in [0.29, 0.717) is 5.39 Å². The zero-order chi connectivity index (χ0) is 14.1. The SMILES string of the molecule is CCc1ccsc1C(N)c1ccc(F)c2ccccc12. The fourth-order valence-electron chi connectivity index (χ4n) is 2.61. The van der Waals surface area contributed by atoms with Crippen molar-refractivity contribution < 1.29 is 4.39 Å². The molecule has 0 aliphatic rings. The third-order valence-corrected chi connectivity index (χ3v) is 4.73. The second-order valence-corrected chi connectivity index (χ2v) is 5.77. The molecule has 20 heavy (non-hydrogen) atoms. The van der Waals surface area contributed by atoms with Crippen LogP contribution in [0.5, 0.6) is 0 Å². The Morgan fingerprint density at radius 2 is 1.85 bits per heavy atom. The summed E-state index contributed by atoms with van der Waals surface area (Å²) in [5.41, 5.74) is 8.70. The normalized spacial score (nSPS) is 12.8. The van der Waals surface area contributed by atoms with Gasteiger partial charge in [-0.1, -0.05) is 37.3 Å². The van der Waals surface area contributed by atoms with Crippen LogP contribution in [0.3, 0.4) is 0 Å². The molecule has 1 nitrogen and oxygen atoms in total. The van der Waals surface area contributed by atoms with Crippen molar-refractivity contribution in [2.24, 2.45) is 5.73 Å². The maximum atomic E-state index is 13.9.